The summed E-state index contributed by atoms with van der Waals surface area (Å²) in [6, 6.07) is 6.51. The average molecular weight is 307 g/mol. The molecule has 0 amide bonds. The number of fused-ring (bicyclic) bond motifs is 1. The smallest absolute Gasteiger partial charge is 0.161 e. The molecule has 1 saturated heterocycles. The van der Waals surface area contributed by atoms with Crippen molar-refractivity contribution in [3.05, 3.63) is 23.8 Å². The Morgan fingerprint density at radius 3 is 3.00 bits per heavy atom. The Balaban J connectivity index is 1.58. The number of hydrazine groups is 1. The first kappa shape index (κ1) is 15.6. The van der Waals surface area contributed by atoms with Crippen LogP contribution in [0.5, 0.6) is 11.5 Å². The van der Waals surface area contributed by atoms with Crippen LogP contribution in [0.4, 0.5) is 0 Å². The summed E-state index contributed by atoms with van der Waals surface area (Å²) in [7, 11) is 1.74. The molecule has 2 atom stereocenters. The Morgan fingerprint density at radius 1 is 1.27 bits per heavy atom. The lowest BCUT2D eigenvalue weighted by Crippen LogP contribution is -2.29. The predicted molar refractivity (Wildman–Crippen MR) is 84.2 cm³/mol. The molecular formula is C16H25N3O3. The van der Waals surface area contributed by atoms with Gasteiger partial charge >= 0.3 is 0 Å². The highest BCUT2D eigenvalue weighted by atomic mass is 16.6. The number of nitrogens with one attached hydrogen (secondary N) is 3. The fraction of sp³-hybridized carbons (Fsp3) is 0.625. The van der Waals surface area contributed by atoms with Crippen LogP contribution in [0.15, 0.2) is 18.2 Å². The zero-order valence-electron chi connectivity index (χ0n) is 13.1. The second-order valence-corrected chi connectivity index (χ2v) is 5.72. The SMILES string of the molecule is COCCCNCC1CNNC1c1ccc2c(c1)OCCO2. The number of rotatable bonds is 7. The fourth-order valence-corrected chi connectivity index (χ4v) is 2.96. The highest BCUT2D eigenvalue weighted by Gasteiger charge is 2.28. The summed E-state index contributed by atoms with van der Waals surface area (Å²) in [6.45, 7) is 4.97. The average Bonchev–Trinajstić information content (AvgIpc) is 3.03. The number of hydrogen-bond acceptors (Lipinski definition) is 6. The van der Waals surface area contributed by atoms with Gasteiger partial charge in [-0.3, -0.25) is 5.43 Å². The lowest BCUT2D eigenvalue weighted by Gasteiger charge is -2.23. The van der Waals surface area contributed by atoms with Gasteiger partial charge in [-0.25, -0.2) is 5.43 Å². The van der Waals surface area contributed by atoms with Gasteiger partial charge in [0.25, 0.3) is 0 Å². The van der Waals surface area contributed by atoms with E-state index in [0.717, 1.165) is 44.2 Å². The Kier molecular flexibility index (Phi) is 5.50. The maximum absolute atomic E-state index is 5.68. The Hall–Kier alpha value is -1.34. The lowest BCUT2D eigenvalue weighted by atomic mass is 9.94. The van der Waals surface area contributed by atoms with Crippen molar-refractivity contribution in [2.75, 3.05) is 46.6 Å². The standard InChI is InChI=1S/C16H25N3O3/c1-20-6-2-5-17-10-13-11-18-19-16(13)12-3-4-14-15(9-12)22-8-7-21-14/h3-4,9,13,16-19H,2,5-8,10-11H2,1H3. The van der Waals surface area contributed by atoms with Gasteiger partial charge in [0.05, 0.1) is 6.04 Å². The van der Waals surface area contributed by atoms with Crippen molar-refractivity contribution in [3.8, 4) is 11.5 Å². The van der Waals surface area contributed by atoms with Crippen molar-refractivity contribution >= 4 is 0 Å². The van der Waals surface area contributed by atoms with Crippen LogP contribution in [-0.4, -0.2) is 46.6 Å². The molecule has 2 aliphatic heterocycles. The van der Waals surface area contributed by atoms with Gasteiger partial charge in [-0.05, 0) is 30.7 Å². The second kappa shape index (κ2) is 7.78. The van der Waals surface area contributed by atoms with Gasteiger partial charge in [0.15, 0.2) is 11.5 Å². The van der Waals surface area contributed by atoms with Crippen LogP contribution in [0, 0.1) is 5.92 Å². The number of methoxy groups -OCH3 is 1. The molecule has 6 nitrogen and oxygen atoms in total. The van der Waals surface area contributed by atoms with E-state index >= 15 is 0 Å². The van der Waals surface area contributed by atoms with E-state index in [1.165, 1.54) is 5.56 Å². The minimum absolute atomic E-state index is 0.283. The minimum atomic E-state index is 0.283. The third-order valence-electron chi connectivity index (χ3n) is 4.13. The summed E-state index contributed by atoms with van der Waals surface area (Å²) in [5.41, 5.74) is 7.87. The molecule has 0 aromatic heterocycles. The van der Waals surface area contributed by atoms with Crippen molar-refractivity contribution in [2.45, 2.75) is 12.5 Å². The zero-order chi connectivity index (χ0) is 15.2. The molecule has 1 fully saturated rings. The number of ether oxygens (including phenoxy) is 3. The summed E-state index contributed by atoms with van der Waals surface area (Å²) in [5.74, 6) is 2.20. The first-order chi connectivity index (χ1) is 10.9. The molecule has 0 aliphatic carbocycles. The van der Waals surface area contributed by atoms with Crippen LogP contribution in [-0.2, 0) is 4.74 Å². The van der Waals surface area contributed by atoms with Gasteiger partial charge in [0, 0.05) is 32.7 Å². The van der Waals surface area contributed by atoms with Gasteiger partial charge in [0.1, 0.15) is 13.2 Å². The molecule has 6 heteroatoms. The van der Waals surface area contributed by atoms with E-state index in [1.54, 1.807) is 7.11 Å². The fourth-order valence-electron chi connectivity index (χ4n) is 2.96. The number of hydrogen-bond donors (Lipinski definition) is 3. The molecule has 2 unspecified atom stereocenters. The molecule has 0 radical (unpaired) electrons. The summed E-state index contributed by atoms with van der Waals surface area (Å²) < 4.78 is 16.3. The molecule has 2 heterocycles. The van der Waals surface area contributed by atoms with Crippen molar-refractivity contribution < 1.29 is 14.2 Å². The molecule has 3 rings (SSSR count). The van der Waals surface area contributed by atoms with Gasteiger partial charge in [-0.1, -0.05) is 6.07 Å². The maximum atomic E-state index is 5.68. The van der Waals surface area contributed by atoms with E-state index in [-0.39, 0.29) is 6.04 Å². The first-order valence-electron chi connectivity index (χ1n) is 7.96. The molecular weight excluding hydrogens is 282 g/mol. The van der Waals surface area contributed by atoms with E-state index in [9.17, 15) is 0 Å². The third-order valence-corrected chi connectivity index (χ3v) is 4.13. The van der Waals surface area contributed by atoms with E-state index in [0.29, 0.717) is 19.1 Å². The third kappa shape index (κ3) is 3.70. The highest BCUT2D eigenvalue weighted by molar-refractivity contribution is 5.45. The molecule has 0 saturated carbocycles. The molecule has 2 aliphatic rings. The van der Waals surface area contributed by atoms with Crippen LogP contribution < -0.4 is 25.6 Å². The summed E-state index contributed by atoms with van der Waals surface area (Å²) in [6.07, 6.45) is 1.04. The Labute approximate surface area is 131 Å². The van der Waals surface area contributed by atoms with Crippen molar-refractivity contribution in [1.82, 2.24) is 16.2 Å². The van der Waals surface area contributed by atoms with Crippen LogP contribution in [0.1, 0.15) is 18.0 Å². The first-order valence-corrected chi connectivity index (χ1v) is 7.96. The molecule has 1 aromatic carbocycles. The molecule has 1 aromatic rings. The molecule has 22 heavy (non-hydrogen) atoms. The summed E-state index contributed by atoms with van der Waals surface area (Å²) >= 11 is 0. The zero-order valence-corrected chi connectivity index (χ0v) is 13.1. The van der Waals surface area contributed by atoms with Crippen molar-refractivity contribution in [1.29, 1.82) is 0 Å². The van der Waals surface area contributed by atoms with Crippen LogP contribution >= 0.6 is 0 Å². The minimum Gasteiger partial charge on any atom is -0.486 e. The topological polar surface area (TPSA) is 63.8 Å². The van der Waals surface area contributed by atoms with Gasteiger partial charge in [-0.15, -0.1) is 0 Å². The van der Waals surface area contributed by atoms with Gasteiger partial charge < -0.3 is 19.5 Å². The lowest BCUT2D eigenvalue weighted by molar-refractivity contribution is 0.171. The molecule has 0 bridgehead atoms. The quantitative estimate of drug-likeness (QED) is 0.649. The van der Waals surface area contributed by atoms with E-state index < -0.39 is 0 Å². The summed E-state index contributed by atoms with van der Waals surface area (Å²) in [4.78, 5) is 0. The molecule has 122 valence electrons. The van der Waals surface area contributed by atoms with Gasteiger partial charge in [0.2, 0.25) is 0 Å². The largest absolute Gasteiger partial charge is 0.486 e. The van der Waals surface area contributed by atoms with E-state index in [2.05, 4.69) is 28.3 Å². The van der Waals surface area contributed by atoms with Crippen molar-refractivity contribution in [3.63, 3.8) is 0 Å². The highest BCUT2D eigenvalue weighted by Crippen LogP contribution is 2.34. The van der Waals surface area contributed by atoms with Crippen LogP contribution in [0.2, 0.25) is 0 Å². The monoisotopic (exact) mass is 307 g/mol. The van der Waals surface area contributed by atoms with E-state index in [4.69, 9.17) is 14.2 Å². The van der Waals surface area contributed by atoms with Crippen LogP contribution in [0.3, 0.4) is 0 Å². The predicted octanol–water partition coefficient (Wildman–Crippen LogP) is 0.849. The molecule has 0 spiro atoms. The Morgan fingerprint density at radius 2 is 2.14 bits per heavy atom. The summed E-state index contributed by atoms with van der Waals surface area (Å²) in [5, 5.41) is 3.51. The number of benzene rings is 1. The maximum Gasteiger partial charge on any atom is 0.161 e. The second-order valence-electron chi connectivity index (χ2n) is 5.72. The van der Waals surface area contributed by atoms with Gasteiger partial charge in [-0.2, -0.15) is 0 Å². The Bertz CT molecular complexity index is 484. The normalized spacial score (nSPS) is 23.7. The van der Waals surface area contributed by atoms with Crippen molar-refractivity contribution in [2.24, 2.45) is 5.92 Å². The molecule has 3 N–H and O–H groups in total. The van der Waals surface area contributed by atoms with Crippen LogP contribution in [0.25, 0.3) is 0 Å². The van der Waals surface area contributed by atoms with E-state index in [1.807, 2.05) is 6.07 Å².